The monoisotopic (exact) mass is 506 g/mol. The second kappa shape index (κ2) is 10.8. The van der Waals surface area contributed by atoms with Crippen LogP contribution in [-0.4, -0.2) is 35.2 Å². The van der Waals surface area contributed by atoms with Crippen molar-refractivity contribution in [1.82, 2.24) is 4.90 Å². The fourth-order valence-corrected chi connectivity index (χ4v) is 5.73. The fourth-order valence-electron chi connectivity index (χ4n) is 3.78. The summed E-state index contributed by atoms with van der Waals surface area (Å²) in [5, 5.41) is 1.43. The number of hydrogen-bond acceptors (Lipinski definition) is 5. The van der Waals surface area contributed by atoms with Crippen molar-refractivity contribution in [2.24, 2.45) is 4.99 Å². The van der Waals surface area contributed by atoms with Gasteiger partial charge in [0.25, 0.3) is 5.91 Å². The standard InChI is InChI=1S/C27H23ClN2O2S2/c28-20-10-14-24(15-11-20)33-23-12-8-19(9-13-23)17-25-26(31)30(18-22-7-4-16-32-22)27(34-25)29-21-5-2-1-3-6-21/h1-3,5-6,8-15,17,22H,4,7,16,18H2/b25-17+,29-27?/t22-/m1/s1. The molecule has 0 aromatic heterocycles. The van der Waals surface area contributed by atoms with Crippen molar-refractivity contribution in [3.05, 3.63) is 94.4 Å². The molecular formula is C27H23ClN2O2S2. The normalized spacial score (nSPS) is 20.6. The number of amides is 1. The Balaban J connectivity index is 1.35. The summed E-state index contributed by atoms with van der Waals surface area (Å²) < 4.78 is 5.80. The number of carbonyl (C=O) groups is 1. The Kier molecular flexibility index (Phi) is 7.40. The third-order valence-electron chi connectivity index (χ3n) is 5.51. The topological polar surface area (TPSA) is 41.9 Å². The van der Waals surface area contributed by atoms with E-state index in [1.54, 1.807) is 16.7 Å². The predicted molar refractivity (Wildman–Crippen MR) is 142 cm³/mol. The van der Waals surface area contributed by atoms with Gasteiger partial charge in [-0.15, -0.1) is 0 Å². The van der Waals surface area contributed by atoms with E-state index in [1.807, 2.05) is 72.8 Å². The summed E-state index contributed by atoms with van der Waals surface area (Å²) in [4.78, 5) is 22.8. The minimum Gasteiger partial charge on any atom is -0.376 e. The van der Waals surface area contributed by atoms with Gasteiger partial charge in [-0.1, -0.05) is 53.7 Å². The lowest BCUT2D eigenvalue weighted by Crippen LogP contribution is -2.36. The van der Waals surface area contributed by atoms with Crippen LogP contribution < -0.4 is 0 Å². The molecule has 2 fully saturated rings. The SMILES string of the molecule is O=C1/C(=C\c2ccc(Sc3ccc(Cl)cc3)cc2)SC(=Nc2ccccc2)N1C[C@H]1CCCO1. The van der Waals surface area contributed by atoms with E-state index in [-0.39, 0.29) is 12.0 Å². The lowest BCUT2D eigenvalue weighted by atomic mass is 10.2. The lowest BCUT2D eigenvalue weighted by molar-refractivity contribution is -0.123. The molecule has 0 unspecified atom stereocenters. The Morgan fingerprint density at radius 2 is 1.74 bits per heavy atom. The molecule has 7 heteroatoms. The largest absolute Gasteiger partial charge is 0.376 e. The highest BCUT2D eigenvalue weighted by Crippen LogP contribution is 2.35. The minimum atomic E-state index is -0.0187. The van der Waals surface area contributed by atoms with Gasteiger partial charge in [0.1, 0.15) is 0 Å². The van der Waals surface area contributed by atoms with E-state index in [9.17, 15) is 4.79 Å². The van der Waals surface area contributed by atoms with Crippen molar-refractivity contribution in [3.8, 4) is 0 Å². The first-order valence-corrected chi connectivity index (χ1v) is 13.2. The van der Waals surface area contributed by atoms with Crippen molar-refractivity contribution in [2.75, 3.05) is 13.2 Å². The summed E-state index contributed by atoms with van der Waals surface area (Å²) in [7, 11) is 0. The van der Waals surface area contributed by atoms with E-state index in [0.717, 1.165) is 45.5 Å². The van der Waals surface area contributed by atoms with Crippen LogP contribution in [0.25, 0.3) is 6.08 Å². The molecule has 3 aromatic carbocycles. The molecule has 2 aliphatic heterocycles. The number of amidine groups is 1. The highest BCUT2D eigenvalue weighted by atomic mass is 35.5. The van der Waals surface area contributed by atoms with E-state index in [4.69, 9.17) is 21.3 Å². The molecule has 5 rings (SSSR count). The molecule has 172 valence electrons. The number of rotatable bonds is 6. The van der Waals surface area contributed by atoms with Gasteiger partial charge >= 0.3 is 0 Å². The molecule has 0 bridgehead atoms. The van der Waals surface area contributed by atoms with Crippen LogP contribution in [0.5, 0.6) is 0 Å². The summed E-state index contributed by atoms with van der Waals surface area (Å²) in [6.07, 6.45) is 4.02. The van der Waals surface area contributed by atoms with E-state index >= 15 is 0 Å². The summed E-state index contributed by atoms with van der Waals surface area (Å²) in [6.45, 7) is 1.29. The van der Waals surface area contributed by atoms with Gasteiger partial charge in [-0.2, -0.15) is 0 Å². The van der Waals surface area contributed by atoms with Gasteiger partial charge in [-0.05, 0) is 84.8 Å². The Morgan fingerprint density at radius 3 is 2.41 bits per heavy atom. The second-order valence-electron chi connectivity index (χ2n) is 8.02. The second-order valence-corrected chi connectivity index (χ2v) is 10.6. The van der Waals surface area contributed by atoms with E-state index in [0.29, 0.717) is 16.6 Å². The number of ether oxygens (including phenoxy) is 1. The Labute approximate surface area is 213 Å². The Morgan fingerprint density at radius 1 is 1.03 bits per heavy atom. The zero-order chi connectivity index (χ0) is 23.3. The van der Waals surface area contributed by atoms with Crippen molar-refractivity contribution in [3.63, 3.8) is 0 Å². The number of hydrogen-bond donors (Lipinski definition) is 0. The van der Waals surface area contributed by atoms with Crippen molar-refractivity contribution in [1.29, 1.82) is 0 Å². The third-order valence-corrected chi connectivity index (χ3v) is 7.78. The first kappa shape index (κ1) is 23.2. The molecule has 2 saturated heterocycles. The number of nitrogens with zero attached hydrogens (tertiary/aromatic N) is 2. The molecule has 1 atom stereocenters. The third kappa shape index (κ3) is 5.76. The predicted octanol–water partition coefficient (Wildman–Crippen LogP) is 7.27. The molecule has 4 nitrogen and oxygen atoms in total. The van der Waals surface area contributed by atoms with Gasteiger partial charge in [0.05, 0.1) is 23.2 Å². The number of benzene rings is 3. The van der Waals surface area contributed by atoms with Crippen LogP contribution in [0.15, 0.2) is 98.6 Å². The van der Waals surface area contributed by atoms with Crippen LogP contribution in [0.1, 0.15) is 18.4 Å². The first-order chi connectivity index (χ1) is 16.6. The first-order valence-electron chi connectivity index (χ1n) is 11.1. The maximum atomic E-state index is 13.3. The molecule has 1 amide bonds. The zero-order valence-corrected chi connectivity index (χ0v) is 20.8. The van der Waals surface area contributed by atoms with Gasteiger partial charge < -0.3 is 4.74 Å². The molecular weight excluding hydrogens is 484 g/mol. The Bertz CT molecular complexity index is 1210. The van der Waals surface area contributed by atoms with Crippen molar-refractivity contribution >= 4 is 58.0 Å². The van der Waals surface area contributed by atoms with Crippen LogP contribution in [0.2, 0.25) is 5.02 Å². The molecule has 3 aromatic rings. The highest BCUT2D eigenvalue weighted by molar-refractivity contribution is 8.18. The number of aliphatic imine (C=N–C) groups is 1. The zero-order valence-electron chi connectivity index (χ0n) is 18.4. The fraction of sp³-hybridized carbons (Fsp3) is 0.185. The minimum absolute atomic E-state index is 0.0187. The molecule has 2 aliphatic rings. The van der Waals surface area contributed by atoms with Gasteiger partial charge in [0.15, 0.2) is 5.17 Å². The Hall–Kier alpha value is -2.51. The van der Waals surface area contributed by atoms with Gasteiger partial charge in [-0.25, -0.2) is 4.99 Å². The average molecular weight is 507 g/mol. The number of para-hydroxylation sites is 1. The van der Waals surface area contributed by atoms with E-state index in [1.165, 1.54) is 11.8 Å². The lowest BCUT2D eigenvalue weighted by Gasteiger charge is -2.19. The maximum absolute atomic E-state index is 13.3. The summed E-state index contributed by atoms with van der Waals surface area (Å²) in [5.74, 6) is -0.0187. The smallest absolute Gasteiger partial charge is 0.266 e. The molecule has 0 radical (unpaired) electrons. The van der Waals surface area contributed by atoms with Crippen LogP contribution in [0, 0.1) is 0 Å². The number of thioether (sulfide) groups is 1. The van der Waals surface area contributed by atoms with E-state index in [2.05, 4.69) is 12.1 Å². The van der Waals surface area contributed by atoms with Crippen molar-refractivity contribution in [2.45, 2.75) is 28.7 Å². The van der Waals surface area contributed by atoms with E-state index < -0.39 is 0 Å². The van der Waals surface area contributed by atoms with Gasteiger partial charge in [-0.3, -0.25) is 9.69 Å². The molecule has 2 heterocycles. The highest BCUT2D eigenvalue weighted by Gasteiger charge is 2.35. The quantitative estimate of drug-likeness (QED) is 0.329. The maximum Gasteiger partial charge on any atom is 0.266 e. The average Bonchev–Trinajstić information content (AvgIpc) is 3.47. The van der Waals surface area contributed by atoms with Gasteiger partial charge in [0.2, 0.25) is 0 Å². The van der Waals surface area contributed by atoms with Crippen molar-refractivity contribution < 1.29 is 9.53 Å². The summed E-state index contributed by atoms with van der Waals surface area (Å²) in [6, 6.07) is 25.8. The summed E-state index contributed by atoms with van der Waals surface area (Å²) in [5.41, 5.74) is 1.81. The summed E-state index contributed by atoms with van der Waals surface area (Å²) >= 11 is 9.07. The molecule has 0 spiro atoms. The van der Waals surface area contributed by atoms with Gasteiger partial charge in [0, 0.05) is 21.4 Å². The van der Waals surface area contributed by atoms with Crippen LogP contribution in [0.3, 0.4) is 0 Å². The van der Waals surface area contributed by atoms with Crippen LogP contribution in [-0.2, 0) is 9.53 Å². The van der Waals surface area contributed by atoms with Crippen LogP contribution in [0.4, 0.5) is 5.69 Å². The number of halogens is 1. The molecule has 0 saturated carbocycles. The molecule has 0 aliphatic carbocycles. The molecule has 0 N–H and O–H groups in total. The van der Waals surface area contributed by atoms with Crippen LogP contribution >= 0.6 is 35.1 Å². The number of carbonyl (C=O) groups excluding carboxylic acids is 1. The molecule has 34 heavy (non-hydrogen) atoms.